The molecule has 0 aliphatic carbocycles. The molecule has 25 heavy (non-hydrogen) atoms. The maximum Gasteiger partial charge on any atom is 0.267 e. The van der Waals surface area contributed by atoms with Crippen LogP contribution in [0.3, 0.4) is 0 Å². The lowest BCUT2D eigenvalue weighted by molar-refractivity contribution is -0.114. The number of anilines is 3. The Morgan fingerprint density at radius 2 is 1.64 bits per heavy atom. The van der Waals surface area contributed by atoms with E-state index in [4.69, 9.17) is 0 Å². The number of para-hydroxylation sites is 1. The third-order valence-corrected chi connectivity index (χ3v) is 3.77. The van der Waals surface area contributed by atoms with Gasteiger partial charge in [0.1, 0.15) is 11.6 Å². The average Bonchev–Trinajstić information content (AvgIpc) is 2.58. The molecule has 3 N–H and O–H groups in total. The summed E-state index contributed by atoms with van der Waals surface area (Å²) in [5.41, 5.74) is 1.81. The van der Waals surface area contributed by atoms with Crippen LogP contribution >= 0.6 is 15.9 Å². The number of hydrogen-bond donors (Lipinski definition) is 3. The Hall–Kier alpha value is -3.11. The van der Waals surface area contributed by atoms with Gasteiger partial charge < -0.3 is 16.0 Å². The van der Waals surface area contributed by atoms with Gasteiger partial charge in [-0.3, -0.25) is 9.59 Å². The summed E-state index contributed by atoms with van der Waals surface area (Å²) in [4.78, 5) is 23.2. The molecule has 0 bridgehead atoms. The molecule has 2 rings (SSSR count). The van der Waals surface area contributed by atoms with Gasteiger partial charge in [-0.25, -0.2) is 0 Å². The molecular formula is C18H15BrN4O2. The number of nitrogens with one attached hydrogen (secondary N) is 3. The first kappa shape index (κ1) is 18.2. The molecule has 0 aliphatic rings. The number of benzene rings is 2. The Bertz CT molecular complexity index is 854. The van der Waals surface area contributed by atoms with E-state index in [9.17, 15) is 14.9 Å². The molecule has 0 aliphatic heterocycles. The summed E-state index contributed by atoms with van der Waals surface area (Å²) in [5, 5.41) is 17.4. The monoisotopic (exact) mass is 398 g/mol. The van der Waals surface area contributed by atoms with Gasteiger partial charge in [-0.2, -0.15) is 5.26 Å². The zero-order valence-corrected chi connectivity index (χ0v) is 14.9. The van der Waals surface area contributed by atoms with Gasteiger partial charge in [0.25, 0.3) is 5.91 Å². The van der Waals surface area contributed by atoms with E-state index in [0.29, 0.717) is 11.4 Å². The quantitative estimate of drug-likeness (QED) is 0.526. The molecule has 0 unspecified atom stereocenters. The molecule has 2 amide bonds. The lowest BCUT2D eigenvalue weighted by atomic mass is 10.2. The SMILES string of the molecule is CC(=O)Nc1ccc(NC(=O)/C(C#N)=C\Nc2ccccc2Br)cc1. The lowest BCUT2D eigenvalue weighted by Crippen LogP contribution is -2.14. The van der Waals surface area contributed by atoms with Crippen LogP contribution in [-0.4, -0.2) is 11.8 Å². The summed E-state index contributed by atoms with van der Waals surface area (Å²) in [6.07, 6.45) is 1.35. The summed E-state index contributed by atoms with van der Waals surface area (Å²) in [6.45, 7) is 1.41. The van der Waals surface area contributed by atoms with Gasteiger partial charge >= 0.3 is 0 Å². The molecular weight excluding hydrogens is 384 g/mol. The smallest absolute Gasteiger partial charge is 0.267 e. The van der Waals surface area contributed by atoms with Crippen molar-refractivity contribution in [2.24, 2.45) is 0 Å². The molecule has 0 fully saturated rings. The molecule has 6 nitrogen and oxygen atoms in total. The Balaban J connectivity index is 2.04. The van der Waals surface area contributed by atoms with E-state index in [-0.39, 0.29) is 11.5 Å². The van der Waals surface area contributed by atoms with Crippen LogP contribution in [0.1, 0.15) is 6.92 Å². The summed E-state index contributed by atoms with van der Waals surface area (Å²) in [5.74, 6) is -0.709. The fourth-order valence-corrected chi connectivity index (χ4v) is 2.31. The molecule has 0 atom stereocenters. The molecule has 0 saturated heterocycles. The molecule has 0 spiro atoms. The van der Waals surface area contributed by atoms with Gasteiger partial charge in [0.2, 0.25) is 5.91 Å². The molecule has 2 aromatic rings. The van der Waals surface area contributed by atoms with E-state index in [1.54, 1.807) is 24.3 Å². The van der Waals surface area contributed by atoms with E-state index in [1.807, 2.05) is 30.3 Å². The Morgan fingerprint density at radius 1 is 1.04 bits per heavy atom. The molecule has 0 saturated carbocycles. The lowest BCUT2D eigenvalue weighted by Gasteiger charge is -2.07. The molecule has 126 valence electrons. The standard InChI is InChI=1S/C18H15BrN4O2/c1-12(24)22-14-6-8-15(9-7-14)23-18(25)13(10-20)11-21-17-5-3-2-4-16(17)19/h2-9,11,21H,1H3,(H,22,24)(H,23,25)/b13-11-. The van der Waals surface area contributed by atoms with Gasteiger partial charge in [-0.1, -0.05) is 12.1 Å². The van der Waals surface area contributed by atoms with E-state index in [1.165, 1.54) is 13.1 Å². The highest BCUT2D eigenvalue weighted by molar-refractivity contribution is 9.10. The van der Waals surface area contributed by atoms with Crippen molar-refractivity contribution in [2.45, 2.75) is 6.92 Å². The van der Waals surface area contributed by atoms with Gasteiger partial charge in [-0.05, 0) is 52.3 Å². The second kappa shape index (κ2) is 8.66. The summed E-state index contributed by atoms with van der Waals surface area (Å²) >= 11 is 3.38. The van der Waals surface area contributed by atoms with Crippen LogP contribution in [0.2, 0.25) is 0 Å². The highest BCUT2D eigenvalue weighted by atomic mass is 79.9. The van der Waals surface area contributed by atoms with Crippen molar-refractivity contribution in [3.05, 3.63) is 64.8 Å². The fourth-order valence-electron chi connectivity index (χ4n) is 1.92. The van der Waals surface area contributed by atoms with Crippen LogP contribution in [0.5, 0.6) is 0 Å². The van der Waals surface area contributed by atoms with Crippen molar-refractivity contribution in [2.75, 3.05) is 16.0 Å². The van der Waals surface area contributed by atoms with Crippen LogP contribution < -0.4 is 16.0 Å². The van der Waals surface area contributed by atoms with Crippen molar-refractivity contribution < 1.29 is 9.59 Å². The third kappa shape index (κ3) is 5.48. The maximum atomic E-state index is 12.2. The largest absolute Gasteiger partial charge is 0.359 e. The Labute approximate surface area is 153 Å². The number of carbonyl (C=O) groups is 2. The molecule has 2 aromatic carbocycles. The second-order valence-electron chi connectivity index (χ2n) is 5.01. The van der Waals surface area contributed by atoms with E-state index >= 15 is 0 Å². The van der Waals surface area contributed by atoms with Crippen LogP contribution in [-0.2, 0) is 9.59 Å². The number of carbonyl (C=O) groups excluding carboxylic acids is 2. The number of nitriles is 1. The van der Waals surface area contributed by atoms with Crippen molar-refractivity contribution in [3.8, 4) is 6.07 Å². The minimum absolute atomic E-state index is 0.0679. The number of amides is 2. The Kier molecular flexibility index (Phi) is 6.32. The van der Waals surface area contributed by atoms with E-state index in [2.05, 4.69) is 31.9 Å². The fraction of sp³-hybridized carbons (Fsp3) is 0.0556. The number of hydrogen-bond acceptors (Lipinski definition) is 4. The summed E-state index contributed by atoms with van der Waals surface area (Å²) in [6, 6.07) is 15.8. The first-order valence-electron chi connectivity index (χ1n) is 7.30. The Morgan fingerprint density at radius 3 is 2.20 bits per heavy atom. The first-order valence-corrected chi connectivity index (χ1v) is 8.09. The molecule has 0 radical (unpaired) electrons. The molecule has 7 heteroatoms. The molecule has 0 aromatic heterocycles. The van der Waals surface area contributed by atoms with Crippen molar-refractivity contribution >= 4 is 44.8 Å². The topological polar surface area (TPSA) is 94.0 Å². The number of halogens is 1. The van der Waals surface area contributed by atoms with E-state index < -0.39 is 5.91 Å². The van der Waals surface area contributed by atoms with Crippen LogP contribution in [0, 0.1) is 11.3 Å². The third-order valence-electron chi connectivity index (χ3n) is 3.07. The predicted molar refractivity (Wildman–Crippen MR) is 101 cm³/mol. The zero-order valence-electron chi connectivity index (χ0n) is 13.3. The van der Waals surface area contributed by atoms with Crippen LogP contribution in [0.25, 0.3) is 0 Å². The van der Waals surface area contributed by atoms with Crippen LogP contribution in [0.4, 0.5) is 17.1 Å². The van der Waals surface area contributed by atoms with Crippen molar-refractivity contribution in [1.82, 2.24) is 0 Å². The maximum absolute atomic E-state index is 12.2. The normalized spacial score (nSPS) is 10.5. The van der Waals surface area contributed by atoms with Gasteiger partial charge in [-0.15, -0.1) is 0 Å². The minimum atomic E-state index is -0.533. The van der Waals surface area contributed by atoms with E-state index in [0.717, 1.165) is 10.2 Å². The average molecular weight is 399 g/mol. The summed E-state index contributed by atoms with van der Waals surface area (Å²) in [7, 11) is 0. The van der Waals surface area contributed by atoms with Crippen molar-refractivity contribution in [3.63, 3.8) is 0 Å². The number of nitrogens with zero attached hydrogens (tertiary/aromatic N) is 1. The second-order valence-corrected chi connectivity index (χ2v) is 5.86. The van der Waals surface area contributed by atoms with Crippen molar-refractivity contribution in [1.29, 1.82) is 5.26 Å². The first-order chi connectivity index (χ1) is 12.0. The minimum Gasteiger partial charge on any atom is -0.359 e. The van der Waals surface area contributed by atoms with Gasteiger partial charge in [0, 0.05) is 29.0 Å². The van der Waals surface area contributed by atoms with Gasteiger partial charge in [0.15, 0.2) is 0 Å². The predicted octanol–water partition coefficient (Wildman–Crippen LogP) is 3.87. The summed E-state index contributed by atoms with van der Waals surface area (Å²) < 4.78 is 0.817. The highest BCUT2D eigenvalue weighted by Crippen LogP contribution is 2.21. The highest BCUT2D eigenvalue weighted by Gasteiger charge is 2.09. The molecule has 0 heterocycles. The zero-order chi connectivity index (χ0) is 18.2. The van der Waals surface area contributed by atoms with Crippen LogP contribution in [0.15, 0.2) is 64.8 Å². The van der Waals surface area contributed by atoms with Gasteiger partial charge in [0.05, 0.1) is 5.69 Å². The number of rotatable bonds is 5.